The number of aromatic nitrogens is 4. The number of rotatable bonds is 5. The lowest BCUT2D eigenvalue weighted by Crippen LogP contribution is -2.28. The Bertz CT molecular complexity index is 1250. The Hall–Kier alpha value is -2.81. The molecule has 170 valence electrons. The van der Waals surface area contributed by atoms with Crippen molar-refractivity contribution in [1.82, 2.24) is 19.6 Å². The van der Waals surface area contributed by atoms with Gasteiger partial charge in [-0.1, -0.05) is 36.4 Å². The number of halogens is 1. The van der Waals surface area contributed by atoms with Crippen molar-refractivity contribution in [2.75, 3.05) is 12.3 Å². The molecule has 0 saturated heterocycles. The Morgan fingerprint density at radius 1 is 1.03 bits per heavy atom. The first-order valence-corrected chi connectivity index (χ1v) is 12.0. The predicted molar refractivity (Wildman–Crippen MR) is 132 cm³/mol. The summed E-state index contributed by atoms with van der Waals surface area (Å²) in [5.74, 6) is 0.883. The number of hydrogen-bond acceptors (Lipinski definition) is 6. The number of hydrogen-bond donors (Lipinski definition) is 3. The summed E-state index contributed by atoms with van der Waals surface area (Å²) in [5, 5.41) is 23.7. The van der Waals surface area contributed by atoms with E-state index in [1.165, 1.54) is 0 Å². The van der Waals surface area contributed by atoms with Gasteiger partial charge in [-0.15, -0.1) is 0 Å². The van der Waals surface area contributed by atoms with Gasteiger partial charge in [-0.25, -0.2) is 4.98 Å². The Balaban J connectivity index is 1.48. The summed E-state index contributed by atoms with van der Waals surface area (Å²) in [6.45, 7) is -0.188. The van der Waals surface area contributed by atoms with Crippen LogP contribution in [-0.2, 0) is 0 Å². The quantitative estimate of drug-likeness (QED) is 0.368. The highest BCUT2D eigenvalue weighted by Gasteiger charge is 2.30. The lowest BCUT2D eigenvalue weighted by Gasteiger charge is -2.31. The Morgan fingerprint density at radius 3 is 2.45 bits per heavy atom. The van der Waals surface area contributed by atoms with Crippen LogP contribution in [0.4, 0.5) is 5.82 Å². The fraction of sp³-hybridized carbons (Fsp3) is 0.320. The van der Waals surface area contributed by atoms with Gasteiger partial charge >= 0.3 is 0 Å². The number of fused-ring (bicyclic) bond motifs is 1. The topological polar surface area (TPSA) is 110 Å². The van der Waals surface area contributed by atoms with E-state index in [4.69, 9.17) is 10.7 Å². The lowest BCUT2D eigenvalue weighted by molar-refractivity contribution is 0.0300. The molecule has 4 aromatic rings. The third-order valence-electron chi connectivity index (χ3n) is 6.68. The summed E-state index contributed by atoms with van der Waals surface area (Å²) in [5.41, 5.74) is 11.9. The highest BCUT2D eigenvalue weighted by atomic mass is 79.9. The molecule has 1 aromatic carbocycles. The van der Waals surface area contributed by atoms with Crippen LogP contribution in [0.2, 0.25) is 0 Å². The molecule has 3 heterocycles. The van der Waals surface area contributed by atoms with Gasteiger partial charge in [0.15, 0.2) is 5.65 Å². The second-order valence-corrected chi connectivity index (χ2v) is 9.44. The minimum Gasteiger partial charge on any atom is -0.394 e. The molecule has 0 bridgehead atoms. The summed E-state index contributed by atoms with van der Waals surface area (Å²) in [4.78, 5) is 9.65. The molecular weight excluding hydrogens is 482 g/mol. The molecule has 0 unspecified atom stereocenters. The van der Waals surface area contributed by atoms with E-state index in [0.717, 1.165) is 58.2 Å². The molecule has 1 saturated carbocycles. The van der Waals surface area contributed by atoms with Crippen molar-refractivity contribution in [3.8, 4) is 22.4 Å². The summed E-state index contributed by atoms with van der Waals surface area (Å²) in [6, 6.07) is 14.1. The van der Waals surface area contributed by atoms with E-state index < -0.39 is 6.10 Å². The van der Waals surface area contributed by atoms with Crippen LogP contribution in [0.15, 0.2) is 59.3 Å². The number of nitrogens with two attached hydrogens (primary N) is 1. The van der Waals surface area contributed by atoms with Gasteiger partial charge in [0.25, 0.3) is 0 Å². The van der Waals surface area contributed by atoms with Crippen molar-refractivity contribution in [1.29, 1.82) is 0 Å². The van der Waals surface area contributed by atoms with Gasteiger partial charge in [-0.05, 0) is 53.6 Å². The van der Waals surface area contributed by atoms with Crippen LogP contribution in [0.3, 0.4) is 0 Å². The van der Waals surface area contributed by atoms with E-state index in [2.05, 4.69) is 26.0 Å². The number of pyridine rings is 1. The molecule has 33 heavy (non-hydrogen) atoms. The maximum absolute atomic E-state index is 9.99. The van der Waals surface area contributed by atoms with Gasteiger partial charge in [0.2, 0.25) is 0 Å². The summed E-state index contributed by atoms with van der Waals surface area (Å²) in [7, 11) is 0. The zero-order valence-corrected chi connectivity index (χ0v) is 19.7. The monoisotopic (exact) mass is 507 g/mol. The molecule has 1 aliphatic carbocycles. The molecule has 8 heteroatoms. The van der Waals surface area contributed by atoms with Gasteiger partial charge < -0.3 is 15.9 Å². The van der Waals surface area contributed by atoms with Crippen LogP contribution in [-0.4, -0.2) is 42.5 Å². The predicted octanol–water partition coefficient (Wildman–Crippen LogP) is 4.43. The van der Waals surface area contributed by atoms with Crippen molar-refractivity contribution in [3.05, 3.63) is 65.0 Å². The lowest BCUT2D eigenvalue weighted by atomic mass is 9.78. The van der Waals surface area contributed by atoms with Crippen molar-refractivity contribution in [3.63, 3.8) is 0 Å². The molecule has 0 aliphatic heterocycles. The third kappa shape index (κ3) is 4.14. The van der Waals surface area contributed by atoms with E-state index in [-0.39, 0.29) is 18.4 Å². The Morgan fingerprint density at radius 2 is 1.79 bits per heavy atom. The molecule has 0 spiro atoms. The first-order chi connectivity index (χ1) is 16.1. The van der Waals surface area contributed by atoms with Crippen LogP contribution in [0.25, 0.3) is 28.0 Å². The van der Waals surface area contributed by atoms with E-state index in [1.807, 2.05) is 48.7 Å². The van der Waals surface area contributed by atoms with Gasteiger partial charge in [0.05, 0.1) is 34.8 Å². The SMILES string of the molecule is Nc1c(Br)c(C2CCC([C@@H](O)CO)CC2)nc2c(-c3ccc(-c4ccccc4)nc3)cnn12. The fourth-order valence-corrected chi connectivity index (χ4v) is 5.33. The molecule has 1 fully saturated rings. The molecule has 1 atom stereocenters. The molecular formula is C25H26BrN5O2. The van der Waals surface area contributed by atoms with Crippen molar-refractivity contribution in [2.24, 2.45) is 5.92 Å². The highest BCUT2D eigenvalue weighted by Crippen LogP contribution is 2.41. The second-order valence-electron chi connectivity index (χ2n) is 8.65. The summed E-state index contributed by atoms with van der Waals surface area (Å²) in [6.07, 6.45) is 6.45. The first kappa shape index (κ1) is 22.0. The van der Waals surface area contributed by atoms with Crippen LogP contribution in [0.5, 0.6) is 0 Å². The van der Waals surface area contributed by atoms with Crippen LogP contribution >= 0.6 is 15.9 Å². The Kier molecular flexibility index (Phi) is 6.14. The molecule has 4 N–H and O–H groups in total. The summed E-state index contributed by atoms with van der Waals surface area (Å²) < 4.78 is 2.43. The van der Waals surface area contributed by atoms with Crippen molar-refractivity contribution in [2.45, 2.75) is 37.7 Å². The first-order valence-electron chi connectivity index (χ1n) is 11.2. The fourth-order valence-electron chi connectivity index (χ4n) is 4.75. The van der Waals surface area contributed by atoms with Crippen molar-refractivity contribution < 1.29 is 10.2 Å². The van der Waals surface area contributed by atoms with E-state index in [1.54, 1.807) is 10.7 Å². The van der Waals surface area contributed by atoms with Gasteiger partial charge in [-0.2, -0.15) is 9.61 Å². The minimum atomic E-state index is -0.650. The second kappa shape index (κ2) is 9.21. The average Bonchev–Trinajstić information content (AvgIpc) is 3.30. The van der Waals surface area contributed by atoms with Crippen LogP contribution in [0, 0.1) is 5.92 Å². The zero-order valence-electron chi connectivity index (χ0n) is 18.1. The Labute approximate surface area is 200 Å². The zero-order chi connectivity index (χ0) is 22.9. The van der Waals surface area contributed by atoms with Gasteiger partial charge in [0, 0.05) is 28.8 Å². The number of anilines is 1. The number of aliphatic hydroxyl groups excluding tert-OH is 2. The number of nitrogen functional groups attached to an aromatic ring is 1. The largest absolute Gasteiger partial charge is 0.394 e. The number of aliphatic hydroxyl groups is 2. The van der Waals surface area contributed by atoms with Crippen LogP contribution < -0.4 is 5.73 Å². The van der Waals surface area contributed by atoms with E-state index in [9.17, 15) is 10.2 Å². The maximum atomic E-state index is 9.99. The van der Waals surface area contributed by atoms with E-state index in [0.29, 0.717) is 11.5 Å². The smallest absolute Gasteiger partial charge is 0.165 e. The standard InChI is InChI=1S/C25H26BrN5O2/c26-22-23(17-8-6-16(7-9-17)21(33)14-32)30-25-19(13-29-31(25)24(22)27)18-10-11-20(28-12-18)15-4-2-1-3-5-15/h1-5,10-13,16-17,21,32-33H,6-9,14,27H2/t16?,17?,21-/m0/s1. The van der Waals surface area contributed by atoms with E-state index >= 15 is 0 Å². The van der Waals surface area contributed by atoms with Crippen molar-refractivity contribution >= 4 is 27.4 Å². The highest BCUT2D eigenvalue weighted by molar-refractivity contribution is 9.10. The van der Waals surface area contributed by atoms with Crippen LogP contribution in [0.1, 0.15) is 37.3 Å². The van der Waals surface area contributed by atoms with Gasteiger partial charge in [0.1, 0.15) is 5.82 Å². The summed E-state index contributed by atoms with van der Waals surface area (Å²) >= 11 is 3.65. The van der Waals surface area contributed by atoms with Gasteiger partial charge in [-0.3, -0.25) is 4.98 Å². The average molecular weight is 508 g/mol. The molecule has 7 nitrogen and oxygen atoms in total. The number of nitrogens with zero attached hydrogens (tertiary/aromatic N) is 4. The number of benzene rings is 1. The maximum Gasteiger partial charge on any atom is 0.165 e. The molecule has 5 rings (SSSR count). The third-order valence-corrected chi connectivity index (χ3v) is 7.49. The molecule has 3 aromatic heterocycles. The molecule has 0 amide bonds. The minimum absolute atomic E-state index is 0.130. The normalized spacial score (nSPS) is 19.6. The molecule has 1 aliphatic rings. The molecule has 0 radical (unpaired) electrons.